The van der Waals surface area contributed by atoms with Gasteiger partial charge in [-0.3, -0.25) is 4.79 Å². The van der Waals surface area contributed by atoms with E-state index in [9.17, 15) is 9.90 Å². The average Bonchev–Trinajstić information content (AvgIpc) is 3.03. The molecule has 4 N–H and O–H groups in total. The quantitative estimate of drug-likeness (QED) is 0.663. The van der Waals surface area contributed by atoms with Crippen molar-refractivity contribution in [3.05, 3.63) is 64.5 Å². The molecule has 0 fully saturated rings. The van der Waals surface area contributed by atoms with Gasteiger partial charge in [0.25, 0.3) is 5.91 Å². The second-order valence-electron chi connectivity index (χ2n) is 5.47. The summed E-state index contributed by atoms with van der Waals surface area (Å²) in [5.74, 6) is -0.790. The van der Waals surface area contributed by atoms with Crippen LogP contribution < -0.4 is 11.1 Å². The molecular formula is C18H17N3O2S. The first-order valence-electron chi connectivity index (χ1n) is 7.41. The summed E-state index contributed by atoms with van der Waals surface area (Å²) < 4.78 is 0. The van der Waals surface area contributed by atoms with Gasteiger partial charge >= 0.3 is 0 Å². The van der Waals surface area contributed by atoms with Crippen LogP contribution in [-0.4, -0.2) is 16.0 Å². The summed E-state index contributed by atoms with van der Waals surface area (Å²) in [5, 5.41) is 15.6. The highest BCUT2D eigenvalue weighted by Crippen LogP contribution is 2.28. The summed E-state index contributed by atoms with van der Waals surface area (Å²) in [6, 6.07) is 13.0. The van der Waals surface area contributed by atoms with Crippen molar-refractivity contribution in [2.24, 2.45) is 5.73 Å². The lowest BCUT2D eigenvalue weighted by Gasteiger charge is -2.04. The second-order valence-corrected chi connectivity index (χ2v) is 6.33. The van der Waals surface area contributed by atoms with E-state index in [0.717, 1.165) is 16.4 Å². The number of aryl methyl sites for hydroxylation is 1. The fourth-order valence-electron chi connectivity index (χ4n) is 2.26. The number of anilines is 1. The number of carbonyl (C=O) groups is 1. The molecule has 0 bridgehead atoms. The highest BCUT2D eigenvalue weighted by atomic mass is 32.1. The predicted molar refractivity (Wildman–Crippen MR) is 96.2 cm³/mol. The minimum Gasteiger partial charge on any atom is -0.507 e. The van der Waals surface area contributed by atoms with Gasteiger partial charge < -0.3 is 16.2 Å². The maximum Gasteiger partial charge on any atom is 0.252 e. The maximum absolute atomic E-state index is 11.3. The second kappa shape index (κ2) is 6.72. The largest absolute Gasteiger partial charge is 0.507 e. The lowest BCUT2D eigenvalue weighted by molar-refractivity contribution is 0.0998. The topological polar surface area (TPSA) is 88.2 Å². The Morgan fingerprint density at radius 2 is 2.00 bits per heavy atom. The summed E-state index contributed by atoms with van der Waals surface area (Å²) in [6.07, 6.45) is 0. The Morgan fingerprint density at radius 3 is 2.71 bits per heavy atom. The van der Waals surface area contributed by atoms with Crippen LogP contribution in [0.4, 0.5) is 5.13 Å². The van der Waals surface area contributed by atoms with E-state index in [-0.39, 0.29) is 11.3 Å². The molecule has 6 heteroatoms. The molecule has 3 aromatic rings. The van der Waals surface area contributed by atoms with Gasteiger partial charge in [-0.15, -0.1) is 11.3 Å². The number of thiazole rings is 1. The Kier molecular flexibility index (Phi) is 4.48. The van der Waals surface area contributed by atoms with Crippen LogP contribution in [0.25, 0.3) is 11.3 Å². The van der Waals surface area contributed by atoms with Gasteiger partial charge in [-0.25, -0.2) is 4.98 Å². The number of amides is 1. The third-order valence-corrected chi connectivity index (χ3v) is 4.43. The summed E-state index contributed by atoms with van der Waals surface area (Å²) in [6.45, 7) is 2.75. The van der Waals surface area contributed by atoms with Crippen LogP contribution in [0.1, 0.15) is 21.5 Å². The Hall–Kier alpha value is -2.86. The van der Waals surface area contributed by atoms with Crippen LogP contribution in [0.5, 0.6) is 5.75 Å². The monoisotopic (exact) mass is 339 g/mol. The lowest BCUT2D eigenvalue weighted by atomic mass is 10.1. The molecule has 1 aromatic heterocycles. The van der Waals surface area contributed by atoms with E-state index in [4.69, 9.17) is 5.73 Å². The number of nitrogens with one attached hydrogen (secondary N) is 1. The number of nitrogens with two attached hydrogens (primary N) is 1. The molecule has 3 rings (SSSR count). The molecule has 2 aromatic carbocycles. The zero-order chi connectivity index (χ0) is 17.1. The van der Waals surface area contributed by atoms with Crippen LogP contribution >= 0.6 is 11.3 Å². The molecule has 0 saturated carbocycles. The third-order valence-electron chi connectivity index (χ3n) is 3.63. The van der Waals surface area contributed by atoms with Crippen LogP contribution in [0.2, 0.25) is 0 Å². The van der Waals surface area contributed by atoms with Crippen LogP contribution in [0.3, 0.4) is 0 Å². The fourth-order valence-corrected chi connectivity index (χ4v) is 2.98. The molecule has 0 spiro atoms. The Bertz CT molecular complexity index is 872. The van der Waals surface area contributed by atoms with Crippen molar-refractivity contribution in [2.45, 2.75) is 13.5 Å². The van der Waals surface area contributed by atoms with Crippen molar-refractivity contribution in [1.82, 2.24) is 4.98 Å². The smallest absolute Gasteiger partial charge is 0.252 e. The van der Waals surface area contributed by atoms with E-state index >= 15 is 0 Å². The minimum atomic E-state index is -0.665. The Labute approximate surface area is 143 Å². The normalized spacial score (nSPS) is 10.5. The molecule has 0 saturated heterocycles. The number of aromatic hydroxyl groups is 1. The van der Waals surface area contributed by atoms with Crippen molar-refractivity contribution in [1.29, 1.82) is 0 Å². The number of carbonyl (C=O) groups excluding carboxylic acids is 1. The van der Waals surface area contributed by atoms with Gasteiger partial charge in [-0.1, -0.05) is 29.8 Å². The first-order chi connectivity index (χ1) is 11.5. The van der Waals surface area contributed by atoms with E-state index in [1.54, 1.807) is 12.1 Å². The lowest BCUT2D eigenvalue weighted by Crippen LogP contribution is -2.11. The van der Waals surface area contributed by atoms with E-state index in [0.29, 0.717) is 6.54 Å². The zero-order valence-corrected chi connectivity index (χ0v) is 13.9. The van der Waals surface area contributed by atoms with Gasteiger partial charge in [-0.05, 0) is 30.7 Å². The average molecular weight is 339 g/mol. The highest BCUT2D eigenvalue weighted by Gasteiger charge is 2.11. The van der Waals surface area contributed by atoms with Gasteiger partial charge in [0.2, 0.25) is 0 Å². The molecule has 0 unspecified atom stereocenters. The van der Waals surface area contributed by atoms with Crippen molar-refractivity contribution in [2.75, 3.05) is 5.32 Å². The van der Waals surface area contributed by atoms with Crippen LogP contribution in [-0.2, 0) is 6.54 Å². The molecule has 0 aliphatic heterocycles. The molecule has 0 radical (unpaired) electrons. The number of hydrogen-bond acceptors (Lipinski definition) is 5. The van der Waals surface area contributed by atoms with E-state index < -0.39 is 5.91 Å². The highest BCUT2D eigenvalue weighted by molar-refractivity contribution is 7.14. The van der Waals surface area contributed by atoms with Crippen LogP contribution in [0, 0.1) is 6.92 Å². The van der Waals surface area contributed by atoms with Gasteiger partial charge in [0.15, 0.2) is 5.13 Å². The first-order valence-corrected chi connectivity index (χ1v) is 8.29. The number of benzene rings is 2. The molecule has 0 aliphatic rings. The molecule has 1 heterocycles. The number of nitrogens with zero attached hydrogens (tertiary/aromatic N) is 1. The Morgan fingerprint density at radius 1 is 1.25 bits per heavy atom. The van der Waals surface area contributed by atoms with Gasteiger partial charge in [-0.2, -0.15) is 0 Å². The molecule has 1 amide bonds. The molecule has 0 aliphatic carbocycles. The van der Waals surface area contributed by atoms with Gasteiger partial charge in [0.05, 0.1) is 11.3 Å². The standard InChI is InChI=1S/C18H17N3O2S/c1-11-2-4-12(5-3-11)9-20-18-21-15(10-24-18)13-6-7-16(22)14(8-13)17(19)23/h2-8,10,22H,9H2,1H3,(H2,19,23)(H,20,21). The first kappa shape index (κ1) is 16.0. The summed E-state index contributed by atoms with van der Waals surface area (Å²) in [7, 11) is 0. The molecular weight excluding hydrogens is 322 g/mol. The third kappa shape index (κ3) is 3.55. The molecule has 122 valence electrons. The van der Waals surface area contributed by atoms with Crippen molar-refractivity contribution in [3.63, 3.8) is 0 Å². The molecule has 5 nitrogen and oxygen atoms in total. The predicted octanol–water partition coefficient (Wildman–Crippen LogP) is 3.54. The summed E-state index contributed by atoms with van der Waals surface area (Å²) in [5.41, 5.74) is 9.23. The number of primary amides is 1. The molecule has 24 heavy (non-hydrogen) atoms. The zero-order valence-electron chi connectivity index (χ0n) is 13.1. The number of aromatic nitrogens is 1. The Balaban J connectivity index is 1.74. The van der Waals surface area contributed by atoms with Crippen molar-refractivity contribution >= 4 is 22.4 Å². The van der Waals surface area contributed by atoms with Crippen molar-refractivity contribution < 1.29 is 9.90 Å². The summed E-state index contributed by atoms with van der Waals surface area (Å²) in [4.78, 5) is 15.8. The van der Waals surface area contributed by atoms with E-state index in [2.05, 4.69) is 41.5 Å². The van der Waals surface area contributed by atoms with Gasteiger partial charge in [0.1, 0.15) is 5.75 Å². The molecule has 0 atom stereocenters. The maximum atomic E-state index is 11.3. The SMILES string of the molecule is Cc1ccc(CNc2nc(-c3ccc(O)c(C(N)=O)c3)cs2)cc1. The number of hydrogen-bond donors (Lipinski definition) is 3. The number of rotatable bonds is 5. The van der Waals surface area contributed by atoms with Gasteiger partial charge in [0, 0.05) is 17.5 Å². The minimum absolute atomic E-state index is 0.0923. The van der Waals surface area contributed by atoms with Crippen molar-refractivity contribution in [3.8, 4) is 17.0 Å². The number of phenols is 1. The fraction of sp³-hybridized carbons (Fsp3) is 0.111. The van der Waals surface area contributed by atoms with Crippen LogP contribution in [0.15, 0.2) is 47.8 Å². The van der Waals surface area contributed by atoms with E-state index in [1.165, 1.54) is 28.5 Å². The summed E-state index contributed by atoms with van der Waals surface area (Å²) >= 11 is 1.48. The van der Waals surface area contributed by atoms with E-state index in [1.807, 2.05) is 5.38 Å².